The van der Waals surface area contributed by atoms with Crippen molar-refractivity contribution in [2.45, 2.75) is 13.5 Å². The number of hydrogen-bond acceptors (Lipinski definition) is 5. The molecule has 0 aliphatic carbocycles. The third-order valence-corrected chi connectivity index (χ3v) is 4.77. The Morgan fingerprint density at radius 2 is 1.79 bits per heavy atom. The molecule has 1 heterocycles. The van der Waals surface area contributed by atoms with Gasteiger partial charge in [0.1, 0.15) is 11.8 Å². The first-order valence-electron chi connectivity index (χ1n) is 9.04. The van der Waals surface area contributed by atoms with Gasteiger partial charge in [0.15, 0.2) is 5.78 Å². The monoisotopic (exact) mass is 399 g/mol. The highest BCUT2D eigenvalue weighted by molar-refractivity contribution is 5.97. The Kier molecular flexibility index (Phi) is 6.07. The summed E-state index contributed by atoms with van der Waals surface area (Å²) in [5, 5.41) is 9.37. The van der Waals surface area contributed by atoms with Crippen LogP contribution in [0, 0.1) is 11.3 Å². The third kappa shape index (κ3) is 4.51. The molecule has 0 saturated carbocycles. The van der Waals surface area contributed by atoms with E-state index in [1.54, 1.807) is 29.2 Å². The summed E-state index contributed by atoms with van der Waals surface area (Å²) >= 11 is 0. The lowest BCUT2D eigenvalue weighted by molar-refractivity contribution is -0.0502. The van der Waals surface area contributed by atoms with Crippen LogP contribution in [-0.2, 0) is 0 Å². The second kappa shape index (κ2) is 8.69. The number of nitrogens with zero attached hydrogens (tertiary/aromatic N) is 3. The van der Waals surface area contributed by atoms with Gasteiger partial charge in [0, 0.05) is 31.7 Å². The summed E-state index contributed by atoms with van der Waals surface area (Å²) in [5.41, 5.74) is 1.69. The topological polar surface area (TPSA) is 73.6 Å². The van der Waals surface area contributed by atoms with Crippen molar-refractivity contribution in [2.24, 2.45) is 0 Å². The van der Waals surface area contributed by atoms with Gasteiger partial charge in [-0.15, -0.1) is 0 Å². The van der Waals surface area contributed by atoms with E-state index in [-0.39, 0.29) is 23.0 Å². The second-order valence-electron chi connectivity index (χ2n) is 6.55. The van der Waals surface area contributed by atoms with Gasteiger partial charge in [0.2, 0.25) is 0 Å². The highest BCUT2D eigenvalue weighted by atomic mass is 19.3. The zero-order valence-electron chi connectivity index (χ0n) is 15.8. The largest absolute Gasteiger partial charge is 0.434 e. The molecule has 150 valence electrons. The van der Waals surface area contributed by atoms with Gasteiger partial charge in [-0.3, -0.25) is 9.59 Å². The number of piperazine rings is 1. The minimum absolute atomic E-state index is 0.0811. The van der Waals surface area contributed by atoms with Crippen LogP contribution in [0.4, 0.5) is 14.5 Å². The summed E-state index contributed by atoms with van der Waals surface area (Å²) < 4.78 is 29.7. The van der Waals surface area contributed by atoms with Crippen LogP contribution in [-0.4, -0.2) is 49.4 Å². The van der Waals surface area contributed by atoms with Crippen LogP contribution in [0.5, 0.6) is 5.75 Å². The Morgan fingerprint density at radius 3 is 2.41 bits per heavy atom. The van der Waals surface area contributed by atoms with Crippen molar-refractivity contribution in [3.05, 3.63) is 59.2 Å². The summed E-state index contributed by atoms with van der Waals surface area (Å²) in [6, 6.07) is 12.9. The highest BCUT2D eigenvalue weighted by Crippen LogP contribution is 2.26. The average molecular weight is 399 g/mol. The molecule has 0 bridgehead atoms. The van der Waals surface area contributed by atoms with E-state index in [4.69, 9.17) is 0 Å². The number of Topliss-reactive ketones (excluding diaryl/α,β-unsaturated/α-hetero) is 1. The number of anilines is 1. The number of alkyl halides is 2. The normalized spacial score (nSPS) is 13.9. The molecule has 1 amide bonds. The number of benzene rings is 2. The Labute approximate surface area is 166 Å². The van der Waals surface area contributed by atoms with E-state index in [0.29, 0.717) is 43.0 Å². The summed E-state index contributed by atoms with van der Waals surface area (Å²) in [4.78, 5) is 28.0. The van der Waals surface area contributed by atoms with Gasteiger partial charge in [-0.2, -0.15) is 14.0 Å². The number of ketones is 1. The van der Waals surface area contributed by atoms with Gasteiger partial charge in [0.25, 0.3) is 5.91 Å². The predicted molar refractivity (Wildman–Crippen MR) is 102 cm³/mol. The molecule has 1 saturated heterocycles. The molecule has 2 aromatic carbocycles. The third-order valence-electron chi connectivity index (χ3n) is 4.77. The van der Waals surface area contributed by atoms with E-state index < -0.39 is 6.61 Å². The Balaban J connectivity index is 1.75. The van der Waals surface area contributed by atoms with E-state index in [0.717, 1.165) is 0 Å². The number of para-hydroxylation sites is 1. The molecular weight excluding hydrogens is 380 g/mol. The Bertz CT molecular complexity index is 964. The minimum atomic E-state index is -3.02. The SMILES string of the molecule is CC(=O)c1ccc(C#N)c(N2CCN(C(=O)c3ccccc3OC(F)F)CC2)c1. The summed E-state index contributed by atoms with van der Waals surface area (Å²) in [6.07, 6.45) is 0. The van der Waals surface area contributed by atoms with Crippen molar-refractivity contribution in [1.29, 1.82) is 5.26 Å². The van der Waals surface area contributed by atoms with Gasteiger partial charge in [-0.1, -0.05) is 12.1 Å². The van der Waals surface area contributed by atoms with Crippen LogP contribution < -0.4 is 9.64 Å². The number of hydrogen-bond donors (Lipinski definition) is 0. The zero-order valence-corrected chi connectivity index (χ0v) is 15.8. The van der Waals surface area contributed by atoms with Crippen LogP contribution >= 0.6 is 0 Å². The van der Waals surface area contributed by atoms with Gasteiger partial charge in [-0.25, -0.2) is 0 Å². The lowest BCUT2D eigenvalue weighted by atomic mass is 10.1. The van der Waals surface area contributed by atoms with Crippen molar-refractivity contribution in [3.8, 4) is 11.8 Å². The standard InChI is InChI=1S/C21H19F2N3O3/c1-14(27)15-6-7-16(13-24)18(12-15)25-8-10-26(11-9-25)20(28)17-4-2-3-5-19(17)29-21(22)23/h2-7,12,21H,8-11H2,1H3. The van der Waals surface area contributed by atoms with Crippen LogP contribution in [0.15, 0.2) is 42.5 Å². The fourth-order valence-electron chi connectivity index (χ4n) is 3.27. The number of ether oxygens (including phenoxy) is 1. The first kappa shape index (κ1) is 20.3. The van der Waals surface area contributed by atoms with Crippen molar-refractivity contribution in [3.63, 3.8) is 0 Å². The second-order valence-corrected chi connectivity index (χ2v) is 6.55. The van der Waals surface area contributed by atoms with Crippen molar-refractivity contribution < 1.29 is 23.1 Å². The average Bonchev–Trinajstić information content (AvgIpc) is 2.73. The highest BCUT2D eigenvalue weighted by Gasteiger charge is 2.26. The van der Waals surface area contributed by atoms with Crippen LogP contribution in [0.2, 0.25) is 0 Å². The molecule has 0 radical (unpaired) electrons. The minimum Gasteiger partial charge on any atom is -0.434 e. The molecule has 0 spiro atoms. The summed E-state index contributed by atoms with van der Waals surface area (Å²) in [7, 11) is 0. The molecule has 0 aromatic heterocycles. The smallest absolute Gasteiger partial charge is 0.387 e. The molecule has 6 nitrogen and oxygen atoms in total. The maximum atomic E-state index is 12.8. The number of carbonyl (C=O) groups is 2. The molecule has 8 heteroatoms. The molecule has 0 atom stereocenters. The van der Waals surface area contributed by atoms with E-state index in [1.165, 1.54) is 25.1 Å². The van der Waals surface area contributed by atoms with Crippen molar-refractivity contribution >= 4 is 17.4 Å². The van der Waals surface area contributed by atoms with Gasteiger partial charge >= 0.3 is 6.61 Å². The molecule has 1 aliphatic rings. The molecule has 1 aliphatic heterocycles. The fourth-order valence-corrected chi connectivity index (χ4v) is 3.27. The first-order chi connectivity index (χ1) is 13.9. The van der Waals surface area contributed by atoms with E-state index in [1.807, 2.05) is 4.90 Å². The van der Waals surface area contributed by atoms with E-state index >= 15 is 0 Å². The molecule has 3 rings (SSSR count). The quantitative estimate of drug-likeness (QED) is 0.721. The lowest BCUT2D eigenvalue weighted by Crippen LogP contribution is -2.49. The van der Waals surface area contributed by atoms with Crippen LogP contribution in [0.25, 0.3) is 0 Å². The number of rotatable bonds is 5. The first-order valence-corrected chi connectivity index (χ1v) is 9.04. The predicted octanol–water partition coefficient (Wildman–Crippen LogP) is 3.32. The molecule has 1 fully saturated rings. The molecule has 0 unspecified atom stereocenters. The molecular formula is C21H19F2N3O3. The van der Waals surface area contributed by atoms with Crippen molar-refractivity contribution in [1.82, 2.24) is 4.90 Å². The van der Waals surface area contributed by atoms with E-state index in [2.05, 4.69) is 10.8 Å². The summed E-state index contributed by atoms with van der Waals surface area (Å²) in [6.45, 7) is 0.0207. The number of carbonyl (C=O) groups excluding carboxylic acids is 2. The Hall–Kier alpha value is -3.47. The lowest BCUT2D eigenvalue weighted by Gasteiger charge is -2.36. The molecule has 29 heavy (non-hydrogen) atoms. The van der Waals surface area contributed by atoms with Gasteiger partial charge in [-0.05, 0) is 37.3 Å². The van der Waals surface area contributed by atoms with Crippen LogP contribution in [0.1, 0.15) is 33.2 Å². The number of nitriles is 1. The van der Waals surface area contributed by atoms with Gasteiger partial charge in [0.05, 0.1) is 16.8 Å². The van der Waals surface area contributed by atoms with Crippen LogP contribution in [0.3, 0.4) is 0 Å². The maximum absolute atomic E-state index is 12.8. The zero-order chi connectivity index (χ0) is 21.0. The summed E-state index contributed by atoms with van der Waals surface area (Å²) in [5.74, 6) is -0.644. The fraction of sp³-hybridized carbons (Fsp3) is 0.286. The van der Waals surface area contributed by atoms with Crippen molar-refractivity contribution in [2.75, 3.05) is 31.1 Å². The Morgan fingerprint density at radius 1 is 1.10 bits per heavy atom. The number of amides is 1. The van der Waals surface area contributed by atoms with Gasteiger partial charge < -0.3 is 14.5 Å². The maximum Gasteiger partial charge on any atom is 0.387 e. The van der Waals surface area contributed by atoms with E-state index in [9.17, 15) is 23.6 Å². The molecule has 0 N–H and O–H groups in total. The number of halogens is 2. The molecule has 2 aromatic rings.